The van der Waals surface area contributed by atoms with Crippen LogP contribution in [0.2, 0.25) is 0 Å². The lowest BCUT2D eigenvalue weighted by molar-refractivity contribution is -0.205. The third-order valence-electron chi connectivity index (χ3n) is 10.9. The summed E-state index contributed by atoms with van der Waals surface area (Å²) >= 11 is 0. The number of aryl methyl sites for hydroxylation is 1. The smallest absolute Gasteiger partial charge is 0.0215 e. The van der Waals surface area contributed by atoms with Crippen LogP contribution in [-0.4, -0.2) is 0 Å². The van der Waals surface area contributed by atoms with E-state index < -0.39 is 0 Å². The molecule has 0 saturated heterocycles. The third-order valence-corrected chi connectivity index (χ3v) is 10.9. The molecule has 5 fully saturated rings. The maximum atomic E-state index is 2.75. The van der Waals surface area contributed by atoms with Crippen molar-refractivity contribution < 1.29 is 0 Å². The standard InChI is InChI=1S/C28H30/c1-17-4-6-22-23-7-5-19(13-25(23)26(24(22)10-17)8-2-3-9-26)27-15-20-11-18-12-21(16-27)28(20,27)14-18/h4-7,10,13,18,20-21H,2-3,8-9,11-12,14-16H2,1H3. The summed E-state index contributed by atoms with van der Waals surface area (Å²) in [6.45, 7) is 2.27. The second kappa shape index (κ2) is 4.45. The molecule has 2 atom stereocenters. The maximum Gasteiger partial charge on any atom is 0.0215 e. The summed E-state index contributed by atoms with van der Waals surface area (Å²) in [7, 11) is 0. The molecule has 6 aliphatic rings. The molecule has 142 valence electrons. The summed E-state index contributed by atoms with van der Waals surface area (Å²) in [5, 5.41) is 0. The Morgan fingerprint density at radius 1 is 0.786 bits per heavy atom. The first-order chi connectivity index (χ1) is 13.7. The minimum absolute atomic E-state index is 0.335. The molecule has 28 heavy (non-hydrogen) atoms. The van der Waals surface area contributed by atoms with E-state index in [1.54, 1.807) is 47.1 Å². The molecular formula is C28H30. The lowest BCUT2D eigenvalue weighted by atomic mass is 9.29. The van der Waals surface area contributed by atoms with Crippen LogP contribution in [0.15, 0.2) is 36.4 Å². The summed E-state index contributed by atoms with van der Waals surface area (Å²) in [5.41, 5.74) is 11.3. The molecule has 2 aromatic rings. The monoisotopic (exact) mass is 366 g/mol. The van der Waals surface area contributed by atoms with Crippen LogP contribution in [0.4, 0.5) is 0 Å². The van der Waals surface area contributed by atoms with Crippen molar-refractivity contribution in [3.05, 3.63) is 58.7 Å². The molecule has 5 saturated carbocycles. The van der Waals surface area contributed by atoms with E-state index in [9.17, 15) is 0 Å². The molecule has 2 unspecified atom stereocenters. The SMILES string of the molecule is Cc1ccc2c(c1)C1(CCCC1)c1cc(C34CC5CC6CC(C3)C54C6)ccc1-2. The minimum atomic E-state index is 0.335. The number of hydrogen-bond acceptors (Lipinski definition) is 0. The topological polar surface area (TPSA) is 0 Å². The first kappa shape index (κ1) is 15.3. The predicted molar refractivity (Wildman–Crippen MR) is 114 cm³/mol. The molecule has 6 aliphatic carbocycles. The number of hydrogen-bond donors (Lipinski definition) is 0. The first-order valence-corrected chi connectivity index (χ1v) is 11.9. The zero-order valence-electron chi connectivity index (χ0n) is 17.1. The number of rotatable bonds is 1. The Kier molecular flexibility index (Phi) is 2.43. The van der Waals surface area contributed by atoms with E-state index in [0.717, 1.165) is 23.2 Å². The Balaban J connectivity index is 1.32. The van der Waals surface area contributed by atoms with Gasteiger partial charge in [-0.3, -0.25) is 0 Å². The normalized spacial score (nSPS) is 42.1. The average Bonchev–Trinajstić information content (AvgIpc) is 3.42. The highest BCUT2D eigenvalue weighted by atomic mass is 14.8. The minimum Gasteiger partial charge on any atom is -0.0587 e. The van der Waals surface area contributed by atoms with E-state index in [1.165, 1.54) is 44.1 Å². The fourth-order valence-corrected chi connectivity index (χ4v) is 10.1. The highest BCUT2D eigenvalue weighted by Gasteiger charge is 2.81. The van der Waals surface area contributed by atoms with Crippen molar-refractivity contribution in [2.45, 2.75) is 75.5 Å². The van der Waals surface area contributed by atoms with Crippen molar-refractivity contribution in [2.75, 3.05) is 0 Å². The van der Waals surface area contributed by atoms with E-state index in [1.807, 2.05) is 0 Å². The van der Waals surface area contributed by atoms with Crippen LogP contribution in [0.3, 0.4) is 0 Å². The fraction of sp³-hybridized carbons (Fsp3) is 0.571. The van der Waals surface area contributed by atoms with Gasteiger partial charge in [-0.05, 0) is 103 Å². The molecule has 0 radical (unpaired) electrons. The van der Waals surface area contributed by atoms with Gasteiger partial charge in [0.05, 0.1) is 0 Å². The molecule has 0 amide bonds. The Bertz CT molecular complexity index is 1030. The summed E-state index contributed by atoms with van der Waals surface area (Å²) in [5.74, 6) is 3.25. The summed E-state index contributed by atoms with van der Waals surface area (Å²) in [6.07, 6.45) is 13.3. The van der Waals surface area contributed by atoms with Crippen LogP contribution >= 0.6 is 0 Å². The molecule has 0 aliphatic heterocycles. The molecule has 2 spiro atoms. The highest BCUT2D eigenvalue weighted by Crippen LogP contribution is 2.87. The van der Waals surface area contributed by atoms with Crippen molar-refractivity contribution in [1.29, 1.82) is 0 Å². The second-order valence-electron chi connectivity index (χ2n) is 11.6. The van der Waals surface area contributed by atoms with Crippen molar-refractivity contribution in [1.82, 2.24) is 0 Å². The Morgan fingerprint density at radius 2 is 1.46 bits per heavy atom. The maximum absolute atomic E-state index is 2.75. The van der Waals surface area contributed by atoms with Crippen LogP contribution in [0, 0.1) is 30.1 Å². The largest absolute Gasteiger partial charge is 0.0587 e. The first-order valence-electron chi connectivity index (χ1n) is 11.9. The summed E-state index contributed by atoms with van der Waals surface area (Å²) in [6, 6.07) is 15.1. The van der Waals surface area contributed by atoms with Crippen LogP contribution in [-0.2, 0) is 10.8 Å². The van der Waals surface area contributed by atoms with Gasteiger partial charge in [-0.2, -0.15) is 0 Å². The lowest BCUT2D eigenvalue weighted by Gasteiger charge is -2.75. The third kappa shape index (κ3) is 1.36. The molecule has 8 rings (SSSR count). The van der Waals surface area contributed by atoms with Crippen molar-refractivity contribution in [3.8, 4) is 11.1 Å². The van der Waals surface area contributed by atoms with Gasteiger partial charge in [-0.1, -0.05) is 54.8 Å². The van der Waals surface area contributed by atoms with E-state index in [0.29, 0.717) is 10.8 Å². The van der Waals surface area contributed by atoms with Gasteiger partial charge in [0.2, 0.25) is 0 Å². The molecule has 2 bridgehead atoms. The highest BCUT2D eigenvalue weighted by molar-refractivity contribution is 5.82. The molecule has 0 nitrogen and oxygen atoms in total. The van der Waals surface area contributed by atoms with E-state index in [2.05, 4.69) is 43.3 Å². The van der Waals surface area contributed by atoms with Gasteiger partial charge in [0.1, 0.15) is 0 Å². The van der Waals surface area contributed by atoms with Gasteiger partial charge in [-0.25, -0.2) is 0 Å². The Hall–Kier alpha value is -1.56. The Morgan fingerprint density at radius 3 is 2.18 bits per heavy atom. The molecule has 0 aromatic heterocycles. The predicted octanol–water partition coefficient (Wildman–Crippen LogP) is 6.91. The van der Waals surface area contributed by atoms with Gasteiger partial charge in [0.25, 0.3) is 0 Å². The van der Waals surface area contributed by atoms with Crippen molar-refractivity contribution in [2.24, 2.45) is 23.2 Å². The molecule has 0 N–H and O–H groups in total. The van der Waals surface area contributed by atoms with E-state index in [4.69, 9.17) is 0 Å². The van der Waals surface area contributed by atoms with Crippen LogP contribution in [0.1, 0.15) is 80.0 Å². The van der Waals surface area contributed by atoms with Gasteiger partial charge in [0, 0.05) is 10.8 Å². The zero-order valence-corrected chi connectivity index (χ0v) is 17.1. The van der Waals surface area contributed by atoms with Gasteiger partial charge in [0.15, 0.2) is 0 Å². The lowest BCUT2D eigenvalue weighted by Crippen LogP contribution is -2.70. The number of fused-ring (bicyclic) bond motifs is 6. The van der Waals surface area contributed by atoms with Gasteiger partial charge in [-0.15, -0.1) is 0 Å². The number of benzene rings is 2. The molecule has 0 heterocycles. The van der Waals surface area contributed by atoms with E-state index >= 15 is 0 Å². The Labute approximate surface area is 168 Å². The molecule has 2 aromatic carbocycles. The van der Waals surface area contributed by atoms with Crippen LogP contribution in [0.5, 0.6) is 0 Å². The molecule has 0 heteroatoms. The molecular weight excluding hydrogens is 336 g/mol. The van der Waals surface area contributed by atoms with Crippen molar-refractivity contribution in [3.63, 3.8) is 0 Å². The zero-order chi connectivity index (χ0) is 18.3. The van der Waals surface area contributed by atoms with Crippen molar-refractivity contribution >= 4 is 0 Å². The summed E-state index contributed by atoms with van der Waals surface area (Å²) < 4.78 is 0. The van der Waals surface area contributed by atoms with Gasteiger partial charge >= 0.3 is 0 Å². The fourth-order valence-electron chi connectivity index (χ4n) is 10.1. The quantitative estimate of drug-likeness (QED) is 0.514. The summed E-state index contributed by atoms with van der Waals surface area (Å²) in [4.78, 5) is 0. The van der Waals surface area contributed by atoms with Crippen LogP contribution < -0.4 is 0 Å². The average molecular weight is 367 g/mol. The van der Waals surface area contributed by atoms with Gasteiger partial charge < -0.3 is 0 Å². The van der Waals surface area contributed by atoms with E-state index in [-0.39, 0.29) is 0 Å². The second-order valence-corrected chi connectivity index (χ2v) is 11.6. The van der Waals surface area contributed by atoms with Crippen LogP contribution in [0.25, 0.3) is 11.1 Å².